The van der Waals surface area contributed by atoms with E-state index in [4.69, 9.17) is 4.74 Å². The molecule has 6 heteroatoms. The normalized spacial score (nSPS) is 16.2. The summed E-state index contributed by atoms with van der Waals surface area (Å²) in [6, 6.07) is 19.6. The molecule has 30 heavy (non-hydrogen) atoms. The topological polar surface area (TPSA) is 60.2 Å². The lowest BCUT2D eigenvalue weighted by Crippen LogP contribution is -2.30. The Morgan fingerprint density at radius 1 is 1.03 bits per heavy atom. The van der Waals surface area contributed by atoms with Gasteiger partial charge in [-0.3, -0.25) is 9.36 Å². The number of aromatic nitrogens is 3. The molecular weight excluding hydrogens is 376 g/mol. The smallest absolute Gasteiger partial charge is 0.255 e. The van der Waals surface area contributed by atoms with Gasteiger partial charge in [0.15, 0.2) is 0 Å². The van der Waals surface area contributed by atoms with Gasteiger partial charge < -0.3 is 9.64 Å². The van der Waals surface area contributed by atoms with Crippen LogP contribution in [0.4, 0.5) is 0 Å². The van der Waals surface area contributed by atoms with Crippen LogP contribution in [0.1, 0.15) is 34.8 Å². The number of amides is 1. The number of rotatable bonds is 4. The van der Waals surface area contributed by atoms with Gasteiger partial charge in [-0.2, -0.15) is 0 Å². The summed E-state index contributed by atoms with van der Waals surface area (Å²) in [5.41, 5.74) is 3.54. The van der Waals surface area contributed by atoms with E-state index in [1.54, 1.807) is 19.6 Å². The predicted molar refractivity (Wildman–Crippen MR) is 115 cm³/mol. The fourth-order valence-electron chi connectivity index (χ4n) is 4.24. The standard InChI is InChI=1S/C24H22N4O2/c1-30-22-11-5-2-7-18(22)20-10-6-14-27(20)24(29)17-12-13-23(25-15-17)28-16-26-19-8-3-4-9-21(19)28/h2-5,7-9,11-13,15-16,20H,6,10,14H2,1H3/t20-/m1/s1. The van der Waals surface area contributed by atoms with Crippen LogP contribution in [0.25, 0.3) is 16.9 Å². The van der Waals surface area contributed by atoms with Crippen molar-refractivity contribution in [2.75, 3.05) is 13.7 Å². The van der Waals surface area contributed by atoms with E-state index in [-0.39, 0.29) is 11.9 Å². The molecule has 5 rings (SSSR count). The molecule has 0 aliphatic carbocycles. The van der Waals surface area contributed by atoms with Crippen LogP contribution in [-0.2, 0) is 0 Å². The van der Waals surface area contributed by atoms with Crippen molar-refractivity contribution in [3.63, 3.8) is 0 Å². The molecule has 1 fully saturated rings. The van der Waals surface area contributed by atoms with Gasteiger partial charge in [-0.25, -0.2) is 9.97 Å². The van der Waals surface area contributed by atoms with E-state index in [0.29, 0.717) is 5.56 Å². The van der Waals surface area contributed by atoms with Crippen molar-refractivity contribution in [1.82, 2.24) is 19.4 Å². The van der Waals surface area contributed by atoms with Crippen LogP contribution in [0.2, 0.25) is 0 Å². The summed E-state index contributed by atoms with van der Waals surface area (Å²) in [5.74, 6) is 1.56. The zero-order chi connectivity index (χ0) is 20.5. The number of nitrogens with zero attached hydrogens (tertiary/aromatic N) is 4. The molecule has 6 nitrogen and oxygen atoms in total. The number of methoxy groups -OCH3 is 1. The maximum atomic E-state index is 13.3. The number of para-hydroxylation sites is 3. The number of fused-ring (bicyclic) bond motifs is 1. The number of imidazole rings is 1. The van der Waals surface area contributed by atoms with E-state index in [2.05, 4.69) is 9.97 Å². The highest BCUT2D eigenvalue weighted by molar-refractivity contribution is 5.94. The molecule has 1 amide bonds. The molecular formula is C24H22N4O2. The number of carbonyl (C=O) groups is 1. The van der Waals surface area contributed by atoms with Crippen LogP contribution < -0.4 is 4.74 Å². The number of pyridine rings is 1. The average molecular weight is 398 g/mol. The van der Waals surface area contributed by atoms with Crippen LogP contribution in [0.5, 0.6) is 5.75 Å². The fourth-order valence-corrected chi connectivity index (χ4v) is 4.24. The second-order valence-corrected chi connectivity index (χ2v) is 7.41. The molecule has 4 aromatic rings. The van der Waals surface area contributed by atoms with Crippen molar-refractivity contribution in [1.29, 1.82) is 0 Å². The van der Waals surface area contributed by atoms with Crippen LogP contribution >= 0.6 is 0 Å². The van der Waals surface area contributed by atoms with Gasteiger partial charge in [0, 0.05) is 18.3 Å². The van der Waals surface area contributed by atoms with E-state index < -0.39 is 0 Å². The van der Waals surface area contributed by atoms with E-state index in [0.717, 1.165) is 47.6 Å². The first-order valence-corrected chi connectivity index (χ1v) is 10.1. The van der Waals surface area contributed by atoms with Gasteiger partial charge in [-0.15, -0.1) is 0 Å². The number of ether oxygens (including phenoxy) is 1. The molecule has 0 bridgehead atoms. The first kappa shape index (κ1) is 18.4. The molecule has 1 saturated heterocycles. The summed E-state index contributed by atoms with van der Waals surface area (Å²) in [4.78, 5) is 24.2. The molecule has 2 aromatic heterocycles. The Labute approximate surface area is 174 Å². The summed E-state index contributed by atoms with van der Waals surface area (Å²) in [6.07, 6.45) is 5.32. The molecule has 3 heterocycles. The fraction of sp³-hybridized carbons (Fsp3) is 0.208. The lowest BCUT2D eigenvalue weighted by Gasteiger charge is -2.26. The van der Waals surface area contributed by atoms with Crippen LogP contribution in [0.3, 0.4) is 0 Å². The zero-order valence-corrected chi connectivity index (χ0v) is 16.7. The van der Waals surface area contributed by atoms with Crippen LogP contribution in [-0.4, -0.2) is 39.0 Å². The van der Waals surface area contributed by atoms with Crippen LogP contribution in [0.15, 0.2) is 73.2 Å². The third-order valence-corrected chi connectivity index (χ3v) is 5.71. The number of hydrogen-bond acceptors (Lipinski definition) is 4. The Kier molecular flexibility index (Phi) is 4.67. The Balaban J connectivity index is 1.42. The first-order chi connectivity index (χ1) is 14.8. The second-order valence-electron chi connectivity index (χ2n) is 7.41. The van der Waals surface area contributed by atoms with Gasteiger partial charge in [0.05, 0.1) is 29.7 Å². The van der Waals surface area contributed by atoms with E-state index in [1.807, 2.05) is 70.1 Å². The minimum absolute atomic E-state index is 0.00190. The molecule has 1 aliphatic heterocycles. The highest BCUT2D eigenvalue weighted by Gasteiger charge is 2.32. The van der Waals surface area contributed by atoms with Gasteiger partial charge in [0.2, 0.25) is 0 Å². The summed E-state index contributed by atoms with van der Waals surface area (Å²) in [6.45, 7) is 0.732. The average Bonchev–Trinajstić information content (AvgIpc) is 3.46. The minimum Gasteiger partial charge on any atom is -0.496 e. The van der Waals surface area contributed by atoms with Gasteiger partial charge in [0.25, 0.3) is 5.91 Å². The van der Waals surface area contributed by atoms with Gasteiger partial charge in [-0.1, -0.05) is 30.3 Å². The molecule has 0 radical (unpaired) electrons. The molecule has 2 aromatic carbocycles. The highest BCUT2D eigenvalue weighted by Crippen LogP contribution is 2.37. The summed E-state index contributed by atoms with van der Waals surface area (Å²) >= 11 is 0. The maximum absolute atomic E-state index is 13.3. The number of benzene rings is 2. The van der Waals surface area contributed by atoms with Crippen molar-refractivity contribution in [3.05, 3.63) is 84.3 Å². The Hall–Kier alpha value is -3.67. The first-order valence-electron chi connectivity index (χ1n) is 10.1. The molecule has 150 valence electrons. The van der Waals surface area contributed by atoms with E-state index in [9.17, 15) is 4.79 Å². The van der Waals surface area contributed by atoms with Crippen molar-refractivity contribution in [3.8, 4) is 11.6 Å². The number of hydrogen-bond donors (Lipinski definition) is 0. The summed E-state index contributed by atoms with van der Waals surface area (Å²) < 4.78 is 7.45. The Morgan fingerprint density at radius 2 is 1.87 bits per heavy atom. The largest absolute Gasteiger partial charge is 0.496 e. The van der Waals surface area contributed by atoms with Crippen molar-refractivity contribution in [2.45, 2.75) is 18.9 Å². The van der Waals surface area contributed by atoms with Crippen molar-refractivity contribution in [2.24, 2.45) is 0 Å². The molecule has 1 atom stereocenters. The number of carbonyl (C=O) groups excluding carboxylic acids is 1. The van der Waals surface area contributed by atoms with E-state index >= 15 is 0 Å². The maximum Gasteiger partial charge on any atom is 0.255 e. The molecule has 0 unspecified atom stereocenters. The predicted octanol–water partition coefficient (Wildman–Crippen LogP) is 4.41. The number of likely N-dealkylation sites (tertiary alicyclic amines) is 1. The third kappa shape index (κ3) is 3.10. The zero-order valence-electron chi connectivity index (χ0n) is 16.7. The molecule has 0 saturated carbocycles. The lowest BCUT2D eigenvalue weighted by molar-refractivity contribution is 0.0734. The van der Waals surface area contributed by atoms with Crippen LogP contribution in [0, 0.1) is 0 Å². The quantitative estimate of drug-likeness (QED) is 0.511. The lowest BCUT2D eigenvalue weighted by atomic mass is 10.0. The minimum atomic E-state index is -0.00190. The Bertz CT molecular complexity index is 1200. The summed E-state index contributed by atoms with van der Waals surface area (Å²) in [5, 5.41) is 0. The monoisotopic (exact) mass is 398 g/mol. The highest BCUT2D eigenvalue weighted by atomic mass is 16.5. The van der Waals surface area contributed by atoms with Gasteiger partial charge >= 0.3 is 0 Å². The third-order valence-electron chi connectivity index (χ3n) is 5.71. The Morgan fingerprint density at radius 3 is 2.70 bits per heavy atom. The van der Waals surface area contributed by atoms with Crippen molar-refractivity contribution < 1.29 is 9.53 Å². The van der Waals surface area contributed by atoms with E-state index in [1.165, 1.54) is 0 Å². The van der Waals surface area contributed by atoms with Gasteiger partial charge in [-0.05, 0) is 43.2 Å². The van der Waals surface area contributed by atoms with Gasteiger partial charge in [0.1, 0.15) is 17.9 Å². The molecule has 0 N–H and O–H groups in total. The molecule has 1 aliphatic rings. The SMILES string of the molecule is COc1ccccc1[C@H]1CCCN1C(=O)c1ccc(-n2cnc3ccccc32)nc1. The summed E-state index contributed by atoms with van der Waals surface area (Å²) in [7, 11) is 1.67. The molecule has 0 spiro atoms. The second kappa shape index (κ2) is 7.63. The van der Waals surface area contributed by atoms with Crippen molar-refractivity contribution >= 4 is 16.9 Å².